The molecule has 0 radical (unpaired) electrons. The van der Waals surface area contributed by atoms with E-state index in [1.54, 1.807) is 24.3 Å². The van der Waals surface area contributed by atoms with Crippen LogP contribution in [0.2, 0.25) is 0 Å². The molecule has 1 unspecified atom stereocenters. The van der Waals surface area contributed by atoms with E-state index in [1.807, 2.05) is 36.4 Å². The summed E-state index contributed by atoms with van der Waals surface area (Å²) in [6.07, 6.45) is -0.280. The van der Waals surface area contributed by atoms with E-state index in [-0.39, 0.29) is 6.42 Å². The lowest BCUT2D eigenvalue weighted by atomic mass is 10.1. The SMILES string of the molecule is CC(=O)N(NC(=O)COc1cccc2ccccc12)C1CC(=O)N(c2ccc3c(c2)OCCO3)C1=O. The third-order valence-corrected chi connectivity index (χ3v) is 5.91. The lowest BCUT2D eigenvalue weighted by Crippen LogP contribution is -2.54. The Balaban J connectivity index is 1.28. The summed E-state index contributed by atoms with van der Waals surface area (Å²) < 4.78 is 16.7. The molecule has 3 aromatic rings. The van der Waals surface area contributed by atoms with E-state index in [0.29, 0.717) is 36.1 Å². The van der Waals surface area contributed by atoms with Gasteiger partial charge in [0.25, 0.3) is 11.8 Å². The first-order valence-electron chi connectivity index (χ1n) is 11.4. The van der Waals surface area contributed by atoms with Crippen LogP contribution in [0.4, 0.5) is 5.69 Å². The molecule has 1 saturated heterocycles. The summed E-state index contributed by atoms with van der Waals surface area (Å²) in [5.41, 5.74) is 2.72. The molecule has 0 saturated carbocycles. The van der Waals surface area contributed by atoms with Crippen molar-refractivity contribution in [2.75, 3.05) is 24.7 Å². The highest BCUT2D eigenvalue weighted by atomic mass is 16.6. The van der Waals surface area contributed by atoms with E-state index >= 15 is 0 Å². The summed E-state index contributed by atoms with van der Waals surface area (Å²) >= 11 is 0. The lowest BCUT2D eigenvalue weighted by molar-refractivity contribution is -0.146. The predicted molar refractivity (Wildman–Crippen MR) is 128 cm³/mol. The first kappa shape index (κ1) is 23.2. The van der Waals surface area contributed by atoms with Crippen molar-refractivity contribution in [3.63, 3.8) is 0 Å². The van der Waals surface area contributed by atoms with Gasteiger partial charge in [0.15, 0.2) is 18.1 Å². The zero-order chi connectivity index (χ0) is 25.2. The first-order chi connectivity index (χ1) is 17.4. The maximum Gasteiger partial charge on any atom is 0.276 e. The number of benzene rings is 3. The van der Waals surface area contributed by atoms with E-state index < -0.39 is 36.3 Å². The quantitative estimate of drug-likeness (QED) is 0.432. The smallest absolute Gasteiger partial charge is 0.276 e. The summed E-state index contributed by atoms with van der Waals surface area (Å²) in [6, 6.07) is 16.6. The van der Waals surface area contributed by atoms with Crippen molar-refractivity contribution < 1.29 is 33.4 Å². The molecule has 2 heterocycles. The number of rotatable bonds is 5. The van der Waals surface area contributed by atoms with Gasteiger partial charge in [-0.3, -0.25) is 24.6 Å². The fourth-order valence-corrected chi connectivity index (χ4v) is 4.27. The van der Waals surface area contributed by atoms with Crippen molar-refractivity contribution in [3.05, 3.63) is 60.7 Å². The van der Waals surface area contributed by atoms with Gasteiger partial charge in [-0.15, -0.1) is 0 Å². The molecule has 0 spiro atoms. The number of hydrogen-bond acceptors (Lipinski definition) is 7. The van der Waals surface area contributed by atoms with Crippen molar-refractivity contribution in [1.82, 2.24) is 10.4 Å². The summed E-state index contributed by atoms with van der Waals surface area (Å²) in [6.45, 7) is 1.58. The van der Waals surface area contributed by atoms with E-state index in [0.717, 1.165) is 20.7 Å². The summed E-state index contributed by atoms with van der Waals surface area (Å²) in [4.78, 5) is 52.0. The van der Waals surface area contributed by atoms with Crippen molar-refractivity contribution in [3.8, 4) is 17.2 Å². The number of nitrogens with one attached hydrogen (secondary N) is 1. The second-order valence-electron chi connectivity index (χ2n) is 8.31. The fourth-order valence-electron chi connectivity index (χ4n) is 4.27. The van der Waals surface area contributed by atoms with Crippen LogP contribution in [0.15, 0.2) is 60.7 Å². The maximum atomic E-state index is 13.2. The predicted octanol–water partition coefficient (Wildman–Crippen LogP) is 2.20. The van der Waals surface area contributed by atoms with E-state index in [2.05, 4.69) is 5.43 Å². The van der Waals surface area contributed by atoms with Gasteiger partial charge < -0.3 is 14.2 Å². The Kier molecular flexibility index (Phi) is 6.16. The van der Waals surface area contributed by atoms with Gasteiger partial charge in [-0.2, -0.15) is 0 Å². The molecule has 10 nitrogen and oxygen atoms in total. The number of hydrazine groups is 1. The normalized spacial score (nSPS) is 16.7. The molecule has 3 aromatic carbocycles. The Morgan fingerprint density at radius 2 is 1.78 bits per heavy atom. The van der Waals surface area contributed by atoms with Crippen LogP contribution in [0.3, 0.4) is 0 Å². The molecule has 10 heteroatoms. The third kappa shape index (κ3) is 4.40. The first-order valence-corrected chi connectivity index (χ1v) is 11.4. The van der Waals surface area contributed by atoms with Crippen molar-refractivity contribution in [2.45, 2.75) is 19.4 Å². The van der Waals surface area contributed by atoms with Gasteiger partial charge in [0.05, 0.1) is 12.1 Å². The van der Waals surface area contributed by atoms with Crippen LogP contribution in [0.5, 0.6) is 17.2 Å². The van der Waals surface area contributed by atoms with Crippen LogP contribution in [0.1, 0.15) is 13.3 Å². The molecule has 5 rings (SSSR count). The van der Waals surface area contributed by atoms with Crippen molar-refractivity contribution in [1.29, 1.82) is 0 Å². The monoisotopic (exact) mass is 489 g/mol. The minimum Gasteiger partial charge on any atom is -0.486 e. The van der Waals surface area contributed by atoms with Crippen LogP contribution in [0.25, 0.3) is 10.8 Å². The highest BCUT2D eigenvalue weighted by Crippen LogP contribution is 2.36. The fraction of sp³-hybridized carbons (Fsp3) is 0.231. The number of hydrogen-bond donors (Lipinski definition) is 1. The third-order valence-electron chi connectivity index (χ3n) is 5.91. The second kappa shape index (κ2) is 9.57. The standard InChI is InChI=1S/C26H23N3O7/c1-16(30)29(27-24(31)15-36-21-8-4-6-17-5-2-3-7-19(17)21)20-14-25(32)28(26(20)33)18-9-10-22-23(13-18)35-12-11-34-22/h2-10,13,20H,11-12,14-15H2,1H3,(H,27,31). The number of nitrogens with zero attached hydrogens (tertiary/aromatic N) is 2. The van der Waals surface area contributed by atoms with Gasteiger partial charge in [0.1, 0.15) is 25.0 Å². The molecule has 0 aromatic heterocycles. The number of ether oxygens (including phenoxy) is 3. The second-order valence-corrected chi connectivity index (χ2v) is 8.31. The molecular weight excluding hydrogens is 466 g/mol. The average Bonchev–Trinajstić information content (AvgIpc) is 3.18. The zero-order valence-corrected chi connectivity index (χ0v) is 19.4. The topological polar surface area (TPSA) is 114 Å². The molecular formula is C26H23N3O7. The van der Waals surface area contributed by atoms with Gasteiger partial charge in [-0.1, -0.05) is 36.4 Å². The van der Waals surface area contributed by atoms with Crippen LogP contribution in [-0.2, 0) is 19.2 Å². The Morgan fingerprint density at radius 1 is 1.03 bits per heavy atom. The van der Waals surface area contributed by atoms with Gasteiger partial charge in [0.2, 0.25) is 11.8 Å². The Morgan fingerprint density at radius 3 is 2.58 bits per heavy atom. The Labute approximate surface area is 206 Å². The molecule has 1 atom stereocenters. The highest BCUT2D eigenvalue weighted by molar-refractivity contribution is 6.23. The van der Waals surface area contributed by atoms with Crippen LogP contribution >= 0.6 is 0 Å². The van der Waals surface area contributed by atoms with Gasteiger partial charge in [0, 0.05) is 18.4 Å². The molecule has 36 heavy (non-hydrogen) atoms. The van der Waals surface area contributed by atoms with Crippen LogP contribution < -0.4 is 24.5 Å². The number of carbonyl (C=O) groups excluding carboxylic acids is 4. The van der Waals surface area contributed by atoms with E-state index in [4.69, 9.17) is 14.2 Å². The van der Waals surface area contributed by atoms with Crippen molar-refractivity contribution in [2.24, 2.45) is 0 Å². The number of imide groups is 1. The van der Waals surface area contributed by atoms with Gasteiger partial charge in [-0.05, 0) is 23.6 Å². The Hall–Kier alpha value is -4.60. The molecule has 2 aliphatic heterocycles. The molecule has 1 N–H and O–H groups in total. The largest absolute Gasteiger partial charge is 0.486 e. The number of carbonyl (C=O) groups is 4. The minimum absolute atomic E-state index is 0.280. The Bertz CT molecular complexity index is 1370. The van der Waals surface area contributed by atoms with Crippen LogP contribution in [0, 0.1) is 0 Å². The molecule has 0 aliphatic carbocycles. The van der Waals surface area contributed by atoms with Gasteiger partial charge >= 0.3 is 0 Å². The van der Waals surface area contributed by atoms with E-state index in [1.165, 1.54) is 6.92 Å². The lowest BCUT2D eigenvalue weighted by Gasteiger charge is -2.27. The van der Waals surface area contributed by atoms with Crippen LogP contribution in [-0.4, -0.2) is 54.5 Å². The zero-order valence-electron chi connectivity index (χ0n) is 19.4. The highest BCUT2D eigenvalue weighted by Gasteiger charge is 2.45. The van der Waals surface area contributed by atoms with Gasteiger partial charge in [-0.25, -0.2) is 9.91 Å². The molecule has 184 valence electrons. The minimum atomic E-state index is -1.19. The number of fused-ring (bicyclic) bond motifs is 2. The van der Waals surface area contributed by atoms with Crippen molar-refractivity contribution >= 4 is 40.1 Å². The maximum absolute atomic E-state index is 13.2. The van der Waals surface area contributed by atoms with E-state index in [9.17, 15) is 19.2 Å². The molecule has 2 aliphatic rings. The summed E-state index contributed by atoms with van der Waals surface area (Å²) in [5, 5.41) is 2.67. The number of anilines is 1. The molecule has 4 amide bonds. The summed E-state index contributed by atoms with van der Waals surface area (Å²) in [7, 11) is 0. The molecule has 0 bridgehead atoms. The number of amides is 4. The average molecular weight is 489 g/mol. The molecule has 1 fully saturated rings. The summed E-state index contributed by atoms with van der Waals surface area (Å²) in [5.74, 6) is -0.930.